The van der Waals surface area contributed by atoms with E-state index in [4.69, 9.17) is 9.99 Å². The van der Waals surface area contributed by atoms with E-state index in [0.717, 1.165) is 5.56 Å². The van der Waals surface area contributed by atoms with Gasteiger partial charge < -0.3 is 14.7 Å². The van der Waals surface area contributed by atoms with Gasteiger partial charge in [0.15, 0.2) is 5.75 Å². The molecule has 0 amide bonds. The van der Waals surface area contributed by atoms with Gasteiger partial charge in [-0.1, -0.05) is 36.4 Å². The molecule has 2 rings (SSSR count). The van der Waals surface area contributed by atoms with E-state index in [9.17, 15) is 9.90 Å². The average molecular weight is 330 g/mol. The zero-order chi connectivity index (χ0) is 17.7. The molecular formula is C19H22O5. The number of hydrogen-bond acceptors (Lipinski definition) is 5. The van der Waals surface area contributed by atoms with Crippen LogP contribution in [0.15, 0.2) is 48.5 Å². The van der Waals surface area contributed by atoms with E-state index in [-0.39, 0.29) is 11.3 Å². The predicted octanol–water partition coefficient (Wildman–Crippen LogP) is 3.91. The number of carbonyl (C=O) groups is 1. The molecule has 0 bridgehead atoms. The molecule has 0 fully saturated rings. The van der Waals surface area contributed by atoms with Crippen LogP contribution in [0.2, 0.25) is 0 Å². The molecule has 0 aliphatic carbocycles. The van der Waals surface area contributed by atoms with E-state index >= 15 is 0 Å². The van der Waals surface area contributed by atoms with Crippen molar-refractivity contribution in [1.82, 2.24) is 0 Å². The molecule has 0 aliphatic rings. The third kappa shape index (κ3) is 4.34. The Kier molecular flexibility index (Phi) is 5.59. The minimum absolute atomic E-state index is 0.170. The molecule has 1 unspecified atom stereocenters. The second-order valence-corrected chi connectivity index (χ2v) is 6.34. The summed E-state index contributed by atoms with van der Waals surface area (Å²) in [5.41, 5.74) is 0.641. The molecule has 0 saturated carbocycles. The fourth-order valence-corrected chi connectivity index (χ4v) is 2.74. The minimum Gasteiger partial charge on any atom is -0.456 e. The molecule has 5 heteroatoms. The molecule has 0 spiro atoms. The molecule has 5 nitrogen and oxygen atoms in total. The number of ether oxygens (including phenoxy) is 1. The van der Waals surface area contributed by atoms with Gasteiger partial charge in [0.2, 0.25) is 0 Å². The van der Waals surface area contributed by atoms with E-state index in [1.807, 2.05) is 30.3 Å². The van der Waals surface area contributed by atoms with E-state index in [1.54, 1.807) is 39.0 Å². The number of aliphatic hydroxyl groups excluding tert-OH is 1. The van der Waals surface area contributed by atoms with Crippen LogP contribution in [0, 0.1) is 0 Å². The van der Waals surface area contributed by atoms with E-state index < -0.39 is 17.7 Å². The topological polar surface area (TPSA) is 76.0 Å². The van der Waals surface area contributed by atoms with Crippen molar-refractivity contribution in [3.63, 3.8) is 0 Å². The van der Waals surface area contributed by atoms with Gasteiger partial charge >= 0.3 is 5.97 Å². The van der Waals surface area contributed by atoms with Crippen molar-refractivity contribution in [2.45, 2.75) is 38.9 Å². The van der Waals surface area contributed by atoms with Gasteiger partial charge in [-0.25, -0.2) is 10.1 Å². The Morgan fingerprint density at radius 2 is 1.79 bits per heavy atom. The van der Waals surface area contributed by atoms with E-state index in [1.165, 1.54) is 0 Å². The van der Waals surface area contributed by atoms with Gasteiger partial charge in [-0.05, 0) is 38.5 Å². The molecule has 24 heavy (non-hydrogen) atoms. The number of benzene rings is 2. The fourth-order valence-electron chi connectivity index (χ4n) is 2.74. The van der Waals surface area contributed by atoms with Crippen LogP contribution in [0.3, 0.4) is 0 Å². The maximum absolute atomic E-state index is 12.7. The SMILES string of the molecule is CC(O)CC(C)(C)OC(=O)c1cccc(OO)c1-c1ccccc1. The summed E-state index contributed by atoms with van der Waals surface area (Å²) >= 11 is 0. The molecular weight excluding hydrogens is 308 g/mol. The Morgan fingerprint density at radius 1 is 1.12 bits per heavy atom. The largest absolute Gasteiger partial charge is 0.456 e. The first kappa shape index (κ1) is 18.0. The van der Waals surface area contributed by atoms with Gasteiger partial charge in [0, 0.05) is 12.0 Å². The Labute approximate surface area is 141 Å². The number of carbonyl (C=O) groups excluding carboxylic acids is 1. The van der Waals surface area contributed by atoms with Crippen molar-refractivity contribution in [2.75, 3.05) is 0 Å². The summed E-state index contributed by atoms with van der Waals surface area (Å²) < 4.78 is 5.56. The molecule has 2 aromatic rings. The highest BCUT2D eigenvalue weighted by atomic mass is 17.1. The van der Waals surface area contributed by atoms with Crippen molar-refractivity contribution < 1.29 is 24.8 Å². The van der Waals surface area contributed by atoms with Crippen LogP contribution < -0.4 is 4.89 Å². The molecule has 1 atom stereocenters. The highest BCUT2D eigenvalue weighted by Crippen LogP contribution is 2.34. The molecule has 2 N–H and O–H groups in total. The number of hydrogen-bond donors (Lipinski definition) is 2. The summed E-state index contributed by atoms with van der Waals surface area (Å²) in [5.74, 6) is -0.373. The van der Waals surface area contributed by atoms with Crippen molar-refractivity contribution in [1.29, 1.82) is 0 Å². The third-order valence-corrected chi connectivity index (χ3v) is 3.56. The van der Waals surface area contributed by atoms with E-state index in [2.05, 4.69) is 4.89 Å². The lowest BCUT2D eigenvalue weighted by atomic mass is 9.97. The smallest absolute Gasteiger partial charge is 0.339 e. The second-order valence-electron chi connectivity index (χ2n) is 6.34. The molecule has 0 saturated heterocycles. The Morgan fingerprint density at radius 3 is 2.38 bits per heavy atom. The minimum atomic E-state index is -0.824. The van der Waals surface area contributed by atoms with E-state index in [0.29, 0.717) is 12.0 Å². The van der Waals surface area contributed by atoms with Crippen molar-refractivity contribution in [2.24, 2.45) is 0 Å². The van der Waals surface area contributed by atoms with Crippen LogP contribution in [0.25, 0.3) is 11.1 Å². The first-order valence-corrected chi connectivity index (χ1v) is 7.75. The quantitative estimate of drug-likeness (QED) is 0.477. The van der Waals surface area contributed by atoms with Crippen LogP contribution in [0.5, 0.6) is 5.75 Å². The normalized spacial score (nSPS) is 12.5. The van der Waals surface area contributed by atoms with Gasteiger partial charge in [-0.15, -0.1) is 0 Å². The molecule has 0 aliphatic heterocycles. The number of esters is 1. The summed E-state index contributed by atoms with van der Waals surface area (Å²) in [4.78, 5) is 17.1. The maximum Gasteiger partial charge on any atom is 0.339 e. The summed E-state index contributed by atoms with van der Waals surface area (Å²) in [6.07, 6.45) is -0.274. The standard InChI is InChI=1S/C19H22O5/c1-13(20)12-19(2,3)23-18(21)15-10-7-11-16(24-22)17(15)14-8-5-4-6-9-14/h4-11,13,20,22H,12H2,1-3H3. The van der Waals surface area contributed by atoms with Crippen LogP contribution in [-0.4, -0.2) is 28.0 Å². The Hall–Kier alpha value is -2.37. The van der Waals surface area contributed by atoms with Gasteiger partial charge in [0.05, 0.1) is 11.7 Å². The summed E-state index contributed by atoms with van der Waals surface area (Å²) in [6.45, 7) is 5.13. The third-order valence-electron chi connectivity index (χ3n) is 3.56. The molecule has 128 valence electrons. The maximum atomic E-state index is 12.7. The molecule has 0 aromatic heterocycles. The first-order valence-electron chi connectivity index (χ1n) is 7.75. The Balaban J connectivity index is 2.42. The lowest BCUT2D eigenvalue weighted by molar-refractivity contribution is -0.137. The zero-order valence-corrected chi connectivity index (χ0v) is 14.0. The first-order chi connectivity index (χ1) is 11.3. The summed E-state index contributed by atoms with van der Waals surface area (Å²) in [5, 5.41) is 18.7. The summed E-state index contributed by atoms with van der Waals surface area (Å²) in [6, 6.07) is 13.9. The molecule has 0 radical (unpaired) electrons. The average Bonchev–Trinajstić information content (AvgIpc) is 2.53. The van der Waals surface area contributed by atoms with Crippen LogP contribution >= 0.6 is 0 Å². The highest BCUT2D eigenvalue weighted by molar-refractivity contribution is 5.99. The monoisotopic (exact) mass is 330 g/mol. The predicted molar refractivity (Wildman–Crippen MR) is 90.9 cm³/mol. The molecule has 2 aromatic carbocycles. The van der Waals surface area contributed by atoms with Crippen LogP contribution in [0.1, 0.15) is 37.6 Å². The zero-order valence-electron chi connectivity index (χ0n) is 14.0. The van der Waals surface area contributed by atoms with Gasteiger partial charge in [-0.3, -0.25) is 0 Å². The van der Waals surface area contributed by atoms with Crippen molar-refractivity contribution >= 4 is 5.97 Å². The van der Waals surface area contributed by atoms with Gasteiger partial charge in [0.1, 0.15) is 5.60 Å². The molecule has 0 heterocycles. The van der Waals surface area contributed by atoms with Crippen LogP contribution in [-0.2, 0) is 4.74 Å². The number of aliphatic hydroxyl groups is 1. The lowest BCUT2D eigenvalue weighted by Crippen LogP contribution is -2.32. The van der Waals surface area contributed by atoms with Crippen LogP contribution in [0.4, 0.5) is 0 Å². The highest BCUT2D eigenvalue weighted by Gasteiger charge is 2.28. The lowest BCUT2D eigenvalue weighted by Gasteiger charge is -2.27. The van der Waals surface area contributed by atoms with Gasteiger partial charge in [0.25, 0.3) is 0 Å². The van der Waals surface area contributed by atoms with Crippen molar-refractivity contribution in [3.05, 3.63) is 54.1 Å². The van der Waals surface area contributed by atoms with Crippen molar-refractivity contribution in [3.8, 4) is 16.9 Å². The number of rotatable bonds is 6. The fraction of sp³-hybridized carbons (Fsp3) is 0.316. The Bertz CT molecular complexity index is 692. The van der Waals surface area contributed by atoms with Gasteiger partial charge in [-0.2, -0.15) is 0 Å². The summed E-state index contributed by atoms with van der Waals surface area (Å²) in [7, 11) is 0. The second kappa shape index (κ2) is 7.47.